The van der Waals surface area contributed by atoms with Crippen molar-refractivity contribution in [3.63, 3.8) is 0 Å². The molecule has 0 amide bonds. The van der Waals surface area contributed by atoms with E-state index >= 15 is 0 Å². The van der Waals surface area contributed by atoms with Crippen LogP contribution in [0, 0.1) is 5.82 Å². The van der Waals surface area contributed by atoms with Gasteiger partial charge < -0.3 is 0 Å². The maximum absolute atomic E-state index is 12.8. The van der Waals surface area contributed by atoms with Crippen molar-refractivity contribution in [2.24, 2.45) is 0 Å². The molecule has 1 aromatic carbocycles. The monoisotopic (exact) mass is 308 g/mol. The number of benzene rings is 1. The lowest BCUT2D eigenvalue weighted by Gasteiger charge is -1.89. The lowest BCUT2D eigenvalue weighted by Crippen LogP contribution is -1.69. The summed E-state index contributed by atoms with van der Waals surface area (Å²) in [5, 5.41) is 1.05. The molecule has 1 heterocycles. The first-order valence-corrected chi connectivity index (χ1v) is 5.62. The van der Waals surface area contributed by atoms with Gasteiger partial charge in [0.1, 0.15) is 5.82 Å². The van der Waals surface area contributed by atoms with Crippen molar-refractivity contribution in [1.29, 1.82) is 0 Å². The molecular weight excluding hydrogens is 307 g/mol. The first-order chi connectivity index (χ1) is 5.68. The van der Waals surface area contributed by atoms with Crippen molar-refractivity contribution in [3.05, 3.63) is 32.3 Å². The Balaban J connectivity index is 2.87. The zero-order chi connectivity index (χ0) is 8.72. The van der Waals surface area contributed by atoms with Gasteiger partial charge in [0.05, 0.1) is 8.26 Å². The van der Waals surface area contributed by atoms with E-state index < -0.39 is 0 Å². The normalized spacial score (nSPS) is 10.9. The van der Waals surface area contributed by atoms with Crippen LogP contribution in [-0.2, 0) is 0 Å². The van der Waals surface area contributed by atoms with Crippen molar-refractivity contribution in [3.8, 4) is 0 Å². The van der Waals surface area contributed by atoms with Crippen LogP contribution in [0.15, 0.2) is 26.5 Å². The molecule has 0 saturated heterocycles. The summed E-state index contributed by atoms with van der Waals surface area (Å²) < 4.78 is 15.7. The zero-order valence-electron chi connectivity index (χ0n) is 5.77. The quantitative estimate of drug-likeness (QED) is 0.669. The maximum atomic E-state index is 12.8. The Kier molecular flexibility index (Phi) is 2.23. The first kappa shape index (κ1) is 8.66. The highest BCUT2D eigenvalue weighted by atomic mass is 79.9. The molecule has 0 aliphatic rings. The van der Waals surface area contributed by atoms with Crippen molar-refractivity contribution in [2.45, 2.75) is 0 Å². The molecule has 4 heteroatoms. The van der Waals surface area contributed by atoms with Gasteiger partial charge in [-0.1, -0.05) is 0 Å². The van der Waals surface area contributed by atoms with Gasteiger partial charge in [-0.05, 0) is 50.1 Å². The number of fused-ring (bicyclic) bond motifs is 1. The fourth-order valence-electron chi connectivity index (χ4n) is 1.01. The Bertz CT molecular complexity index is 436. The van der Waals surface area contributed by atoms with Crippen molar-refractivity contribution in [1.82, 2.24) is 0 Å². The van der Waals surface area contributed by atoms with Gasteiger partial charge in [-0.25, -0.2) is 4.39 Å². The summed E-state index contributed by atoms with van der Waals surface area (Å²) in [5.74, 6) is -0.191. The molecule has 2 rings (SSSR count). The third-order valence-electron chi connectivity index (χ3n) is 1.55. The maximum Gasteiger partial charge on any atom is 0.124 e. The molecule has 0 spiro atoms. The Morgan fingerprint density at radius 3 is 2.75 bits per heavy atom. The highest BCUT2D eigenvalue weighted by molar-refractivity contribution is 9.13. The molecule has 0 atom stereocenters. The predicted molar refractivity (Wildman–Crippen MR) is 57.2 cm³/mol. The number of thiophene rings is 1. The van der Waals surface area contributed by atoms with Crippen LogP contribution in [0.1, 0.15) is 0 Å². The van der Waals surface area contributed by atoms with Crippen LogP contribution < -0.4 is 0 Å². The molecule has 0 bridgehead atoms. The van der Waals surface area contributed by atoms with E-state index in [2.05, 4.69) is 31.9 Å². The summed E-state index contributed by atoms with van der Waals surface area (Å²) in [5.41, 5.74) is 0. The van der Waals surface area contributed by atoms with E-state index in [0.29, 0.717) is 0 Å². The number of hydrogen-bond acceptors (Lipinski definition) is 1. The molecule has 0 N–H and O–H groups in total. The number of halogens is 3. The molecular formula is C8H3Br2FS. The van der Waals surface area contributed by atoms with Gasteiger partial charge in [-0.3, -0.25) is 0 Å². The van der Waals surface area contributed by atoms with Gasteiger partial charge in [-0.15, -0.1) is 11.3 Å². The summed E-state index contributed by atoms with van der Waals surface area (Å²) in [6.45, 7) is 0. The van der Waals surface area contributed by atoms with Gasteiger partial charge >= 0.3 is 0 Å². The average molecular weight is 310 g/mol. The summed E-state index contributed by atoms with van der Waals surface area (Å²) >= 11 is 8.32. The first-order valence-electron chi connectivity index (χ1n) is 3.21. The van der Waals surface area contributed by atoms with Crippen LogP contribution in [0.2, 0.25) is 0 Å². The molecule has 1 aromatic heterocycles. The van der Waals surface area contributed by atoms with Crippen LogP contribution in [0.25, 0.3) is 10.1 Å². The predicted octanol–water partition coefficient (Wildman–Crippen LogP) is 4.57. The third-order valence-corrected chi connectivity index (χ3v) is 4.99. The van der Waals surface area contributed by atoms with Crippen LogP contribution in [0.4, 0.5) is 4.39 Å². The van der Waals surface area contributed by atoms with Gasteiger partial charge in [0.15, 0.2) is 0 Å². The molecule has 2 aromatic rings. The van der Waals surface area contributed by atoms with Crippen molar-refractivity contribution in [2.75, 3.05) is 0 Å². The SMILES string of the molecule is Fc1ccc2c(Br)c(Br)sc2c1. The van der Waals surface area contributed by atoms with E-state index in [4.69, 9.17) is 0 Å². The van der Waals surface area contributed by atoms with Gasteiger partial charge in [0.2, 0.25) is 0 Å². The molecule has 0 unspecified atom stereocenters. The molecule has 0 saturated carbocycles. The second-order valence-corrected chi connectivity index (χ2v) is 5.49. The van der Waals surface area contributed by atoms with E-state index in [9.17, 15) is 4.39 Å². The van der Waals surface area contributed by atoms with E-state index in [0.717, 1.165) is 18.3 Å². The van der Waals surface area contributed by atoms with Crippen molar-refractivity contribution >= 4 is 53.3 Å². The lowest BCUT2D eigenvalue weighted by molar-refractivity contribution is 0.630. The fourth-order valence-corrected chi connectivity index (χ4v) is 3.31. The minimum atomic E-state index is -0.191. The Morgan fingerprint density at radius 1 is 1.25 bits per heavy atom. The second kappa shape index (κ2) is 3.09. The van der Waals surface area contributed by atoms with Crippen molar-refractivity contribution < 1.29 is 4.39 Å². The minimum absolute atomic E-state index is 0.191. The number of hydrogen-bond donors (Lipinski definition) is 0. The van der Waals surface area contributed by atoms with Crippen LogP contribution >= 0.6 is 43.2 Å². The van der Waals surface area contributed by atoms with Crippen LogP contribution in [0.5, 0.6) is 0 Å². The Labute approximate surface area is 89.7 Å². The highest BCUT2D eigenvalue weighted by Crippen LogP contribution is 2.39. The molecule has 0 nitrogen and oxygen atoms in total. The molecule has 0 fully saturated rings. The molecule has 12 heavy (non-hydrogen) atoms. The summed E-state index contributed by atoms with van der Waals surface area (Å²) in [6, 6.07) is 4.78. The second-order valence-electron chi connectivity index (χ2n) is 2.33. The van der Waals surface area contributed by atoms with E-state index in [1.165, 1.54) is 23.5 Å². The largest absolute Gasteiger partial charge is 0.207 e. The van der Waals surface area contributed by atoms with Crippen LogP contribution in [-0.4, -0.2) is 0 Å². The fraction of sp³-hybridized carbons (Fsp3) is 0. The Morgan fingerprint density at radius 2 is 2.00 bits per heavy atom. The smallest absolute Gasteiger partial charge is 0.124 e. The summed E-state index contributed by atoms with van der Waals surface area (Å²) in [7, 11) is 0. The van der Waals surface area contributed by atoms with Gasteiger partial charge in [-0.2, -0.15) is 0 Å². The summed E-state index contributed by atoms with van der Waals surface area (Å²) in [6.07, 6.45) is 0. The average Bonchev–Trinajstić information content (AvgIpc) is 2.28. The van der Waals surface area contributed by atoms with Gasteiger partial charge in [0, 0.05) is 10.1 Å². The standard InChI is InChI=1S/C8H3Br2FS/c9-7-5-2-1-4(11)3-6(5)12-8(7)10/h1-3H. The third kappa shape index (κ3) is 1.32. The topological polar surface area (TPSA) is 0 Å². The minimum Gasteiger partial charge on any atom is -0.207 e. The molecule has 0 aliphatic heterocycles. The summed E-state index contributed by atoms with van der Waals surface area (Å²) in [4.78, 5) is 0. The van der Waals surface area contributed by atoms with Gasteiger partial charge in [0.25, 0.3) is 0 Å². The van der Waals surface area contributed by atoms with E-state index in [-0.39, 0.29) is 5.82 Å². The zero-order valence-corrected chi connectivity index (χ0v) is 9.76. The lowest BCUT2D eigenvalue weighted by atomic mass is 10.3. The van der Waals surface area contributed by atoms with E-state index in [1.807, 2.05) is 0 Å². The highest BCUT2D eigenvalue weighted by Gasteiger charge is 2.07. The van der Waals surface area contributed by atoms with Crippen LogP contribution in [0.3, 0.4) is 0 Å². The molecule has 0 aliphatic carbocycles. The molecule has 0 radical (unpaired) electrons. The Hall–Kier alpha value is 0.0700. The number of rotatable bonds is 0. The van der Waals surface area contributed by atoms with E-state index in [1.54, 1.807) is 6.07 Å². The molecule has 62 valence electrons.